The molecule has 1 aliphatic carbocycles. The first kappa shape index (κ1) is 22.3. The van der Waals surface area contributed by atoms with Crippen molar-refractivity contribution in [3.05, 3.63) is 89.5 Å². The monoisotopic (exact) mass is 445 g/mol. The van der Waals surface area contributed by atoms with Crippen molar-refractivity contribution in [2.24, 2.45) is 0 Å². The Balaban J connectivity index is 1.62. The van der Waals surface area contributed by atoms with E-state index in [-0.39, 0.29) is 12.1 Å². The number of carbonyl (C=O) groups excluding carboxylic acids is 1. The third-order valence-electron chi connectivity index (χ3n) is 6.12. The molecule has 1 N–H and O–H groups in total. The number of rotatable bonds is 6. The zero-order valence-electron chi connectivity index (χ0n) is 19.0. The maximum Gasteiger partial charge on any atom is 0.322 e. The average molecular weight is 446 g/mol. The standard InChI is InChI=1S/C27H31N3OS/c1-29(2)23-15-11-20(12-16-23)19-30(26-10-6-8-21-7-4-5-9-25(21)26)27(31)28-22-13-17-24(32-3)18-14-22/h4-5,7,9,11-18,26H,6,8,10,19H2,1-3H3,(H,28,31). The van der Waals surface area contributed by atoms with Gasteiger partial charge in [-0.2, -0.15) is 0 Å². The van der Waals surface area contributed by atoms with Crippen LogP contribution < -0.4 is 10.2 Å². The maximum atomic E-state index is 13.6. The van der Waals surface area contributed by atoms with Gasteiger partial charge in [0.15, 0.2) is 0 Å². The normalized spacial score (nSPS) is 15.0. The SMILES string of the molecule is CSc1ccc(NC(=O)N(Cc2ccc(N(C)C)cc2)C2CCCc3ccccc32)cc1. The van der Waals surface area contributed by atoms with Crippen molar-refractivity contribution in [2.45, 2.75) is 36.7 Å². The number of aryl methyl sites for hydroxylation is 1. The maximum absolute atomic E-state index is 13.6. The van der Waals surface area contributed by atoms with Gasteiger partial charge in [0.05, 0.1) is 6.04 Å². The Kier molecular flexibility index (Phi) is 7.05. The fourth-order valence-corrected chi connectivity index (χ4v) is 4.75. The van der Waals surface area contributed by atoms with E-state index in [2.05, 4.69) is 65.0 Å². The molecule has 1 aliphatic rings. The molecule has 0 radical (unpaired) electrons. The van der Waals surface area contributed by atoms with E-state index < -0.39 is 0 Å². The van der Waals surface area contributed by atoms with Gasteiger partial charge in [0, 0.05) is 36.9 Å². The molecule has 0 saturated heterocycles. The summed E-state index contributed by atoms with van der Waals surface area (Å²) in [7, 11) is 4.08. The lowest BCUT2D eigenvalue weighted by Crippen LogP contribution is -2.39. The Morgan fingerprint density at radius 1 is 1.00 bits per heavy atom. The molecule has 0 heterocycles. The Labute approximate surface area is 195 Å². The Morgan fingerprint density at radius 3 is 2.41 bits per heavy atom. The second-order valence-electron chi connectivity index (χ2n) is 8.45. The van der Waals surface area contributed by atoms with E-state index in [1.54, 1.807) is 11.8 Å². The first-order valence-corrected chi connectivity index (χ1v) is 12.3. The summed E-state index contributed by atoms with van der Waals surface area (Å²) in [5, 5.41) is 3.14. The minimum Gasteiger partial charge on any atom is -0.378 e. The summed E-state index contributed by atoms with van der Waals surface area (Å²) in [4.78, 5) is 18.8. The van der Waals surface area contributed by atoms with Crippen LogP contribution in [0.25, 0.3) is 0 Å². The summed E-state index contributed by atoms with van der Waals surface area (Å²) in [6, 6.07) is 25.1. The quantitative estimate of drug-likeness (QED) is 0.435. The second kappa shape index (κ2) is 10.1. The molecule has 0 aliphatic heterocycles. The van der Waals surface area contributed by atoms with Gasteiger partial charge >= 0.3 is 6.03 Å². The van der Waals surface area contributed by atoms with Crippen LogP contribution in [-0.4, -0.2) is 31.3 Å². The Bertz CT molecular complexity index is 1050. The van der Waals surface area contributed by atoms with Crippen molar-refractivity contribution in [1.82, 2.24) is 4.90 Å². The summed E-state index contributed by atoms with van der Waals surface area (Å²) in [6.07, 6.45) is 5.20. The molecule has 32 heavy (non-hydrogen) atoms. The number of thioether (sulfide) groups is 1. The lowest BCUT2D eigenvalue weighted by atomic mass is 9.86. The van der Waals surface area contributed by atoms with Crippen LogP contribution in [0.15, 0.2) is 77.7 Å². The van der Waals surface area contributed by atoms with Gasteiger partial charge in [0.1, 0.15) is 0 Å². The van der Waals surface area contributed by atoms with Crippen LogP contribution in [0, 0.1) is 0 Å². The van der Waals surface area contributed by atoms with Gasteiger partial charge in [0.25, 0.3) is 0 Å². The van der Waals surface area contributed by atoms with Gasteiger partial charge in [0.2, 0.25) is 0 Å². The number of nitrogens with one attached hydrogen (secondary N) is 1. The number of carbonyl (C=O) groups is 1. The first-order valence-electron chi connectivity index (χ1n) is 11.1. The fraction of sp³-hybridized carbons (Fsp3) is 0.296. The highest BCUT2D eigenvalue weighted by atomic mass is 32.2. The molecule has 166 valence electrons. The van der Waals surface area contributed by atoms with Gasteiger partial charge in [-0.25, -0.2) is 4.79 Å². The number of amides is 2. The van der Waals surface area contributed by atoms with Crippen molar-refractivity contribution in [2.75, 3.05) is 30.6 Å². The van der Waals surface area contributed by atoms with E-state index in [0.717, 1.165) is 36.2 Å². The molecule has 0 fully saturated rings. The molecule has 4 nitrogen and oxygen atoms in total. The van der Waals surface area contributed by atoms with Crippen LogP contribution in [0.3, 0.4) is 0 Å². The number of anilines is 2. The lowest BCUT2D eigenvalue weighted by molar-refractivity contribution is 0.175. The number of nitrogens with zero attached hydrogens (tertiary/aromatic N) is 2. The predicted octanol–water partition coefficient (Wildman–Crippen LogP) is 6.59. The van der Waals surface area contributed by atoms with E-state index in [9.17, 15) is 4.79 Å². The van der Waals surface area contributed by atoms with Crippen LogP contribution in [0.4, 0.5) is 16.2 Å². The van der Waals surface area contributed by atoms with Gasteiger partial charge in [-0.1, -0.05) is 36.4 Å². The van der Waals surface area contributed by atoms with Crippen molar-refractivity contribution in [1.29, 1.82) is 0 Å². The molecule has 0 bridgehead atoms. The van der Waals surface area contributed by atoms with Gasteiger partial charge in [-0.05, 0) is 78.6 Å². The van der Waals surface area contributed by atoms with Crippen LogP contribution in [0.2, 0.25) is 0 Å². The molecular weight excluding hydrogens is 414 g/mol. The smallest absolute Gasteiger partial charge is 0.322 e. The zero-order chi connectivity index (χ0) is 22.5. The van der Waals surface area contributed by atoms with Gasteiger partial charge < -0.3 is 15.1 Å². The number of urea groups is 1. The van der Waals surface area contributed by atoms with E-state index >= 15 is 0 Å². The molecular formula is C27H31N3OS. The number of benzene rings is 3. The van der Waals surface area contributed by atoms with Crippen molar-refractivity contribution in [3.63, 3.8) is 0 Å². The lowest BCUT2D eigenvalue weighted by Gasteiger charge is -2.36. The van der Waals surface area contributed by atoms with Gasteiger partial charge in [-0.3, -0.25) is 0 Å². The Morgan fingerprint density at radius 2 is 1.72 bits per heavy atom. The van der Waals surface area contributed by atoms with Crippen LogP contribution in [-0.2, 0) is 13.0 Å². The molecule has 0 spiro atoms. The summed E-state index contributed by atoms with van der Waals surface area (Å²) >= 11 is 1.70. The minimum absolute atomic E-state index is 0.0553. The van der Waals surface area contributed by atoms with Crippen molar-refractivity contribution in [3.8, 4) is 0 Å². The molecule has 4 rings (SSSR count). The number of fused-ring (bicyclic) bond motifs is 1. The van der Waals surface area contributed by atoms with Crippen LogP contribution in [0.1, 0.15) is 35.6 Å². The van der Waals surface area contributed by atoms with Crippen molar-refractivity contribution >= 4 is 29.2 Å². The fourth-order valence-electron chi connectivity index (χ4n) is 4.34. The topological polar surface area (TPSA) is 35.6 Å². The zero-order valence-corrected chi connectivity index (χ0v) is 19.9. The largest absolute Gasteiger partial charge is 0.378 e. The highest BCUT2D eigenvalue weighted by Crippen LogP contribution is 2.35. The van der Waals surface area contributed by atoms with Crippen LogP contribution >= 0.6 is 11.8 Å². The highest BCUT2D eigenvalue weighted by Gasteiger charge is 2.29. The molecule has 5 heteroatoms. The third-order valence-corrected chi connectivity index (χ3v) is 6.87. The van der Waals surface area contributed by atoms with E-state index in [4.69, 9.17) is 0 Å². The third kappa shape index (κ3) is 5.10. The first-order chi connectivity index (χ1) is 15.5. The van der Waals surface area contributed by atoms with Crippen LogP contribution in [0.5, 0.6) is 0 Å². The van der Waals surface area contributed by atoms with Crippen molar-refractivity contribution < 1.29 is 4.79 Å². The highest BCUT2D eigenvalue weighted by molar-refractivity contribution is 7.98. The Hall–Kier alpha value is -2.92. The molecule has 3 aromatic rings. The predicted molar refractivity (Wildman–Crippen MR) is 136 cm³/mol. The molecule has 1 atom stereocenters. The molecule has 1 unspecified atom stereocenters. The average Bonchev–Trinajstić information content (AvgIpc) is 2.83. The van der Waals surface area contributed by atoms with E-state index in [0.29, 0.717) is 6.54 Å². The van der Waals surface area contributed by atoms with Gasteiger partial charge in [-0.15, -0.1) is 11.8 Å². The summed E-state index contributed by atoms with van der Waals surface area (Å²) in [5.74, 6) is 0. The summed E-state index contributed by atoms with van der Waals surface area (Å²) in [5.41, 5.74) is 5.74. The molecule has 2 amide bonds. The minimum atomic E-state index is -0.0553. The molecule has 3 aromatic carbocycles. The number of hydrogen-bond acceptors (Lipinski definition) is 3. The van der Waals surface area contributed by atoms with E-state index in [1.165, 1.54) is 16.0 Å². The second-order valence-corrected chi connectivity index (χ2v) is 9.33. The summed E-state index contributed by atoms with van der Waals surface area (Å²) in [6.45, 7) is 0.571. The van der Waals surface area contributed by atoms with E-state index in [1.807, 2.05) is 43.3 Å². The summed E-state index contributed by atoms with van der Waals surface area (Å²) < 4.78 is 0. The molecule has 0 saturated carbocycles. The molecule has 0 aromatic heterocycles. The number of hydrogen-bond donors (Lipinski definition) is 1.